The minimum atomic E-state index is 0.280. The van der Waals surface area contributed by atoms with Gasteiger partial charge in [0, 0.05) is 43.2 Å². The van der Waals surface area contributed by atoms with Crippen LogP contribution >= 0.6 is 0 Å². The van der Waals surface area contributed by atoms with Crippen LogP contribution in [0.4, 0.5) is 0 Å². The van der Waals surface area contributed by atoms with Gasteiger partial charge in [-0.1, -0.05) is 41.5 Å². The maximum Gasteiger partial charge on any atom is 0.0655 e. The molecule has 1 saturated carbocycles. The molecule has 1 heterocycles. The molecule has 2 rings (SSSR count). The molecule has 0 spiro atoms. The van der Waals surface area contributed by atoms with Gasteiger partial charge in [0.2, 0.25) is 0 Å². The molecule has 1 N–H and O–H groups in total. The molecule has 124 valence electrons. The van der Waals surface area contributed by atoms with Gasteiger partial charge in [0.1, 0.15) is 0 Å². The number of rotatable bonds is 5. The monoisotopic (exact) mass is 296 g/mol. The highest BCUT2D eigenvalue weighted by Gasteiger charge is 2.53. The van der Waals surface area contributed by atoms with E-state index < -0.39 is 0 Å². The van der Waals surface area contributed by atoms with Crippen molar-refractivity contribution in [3.05, 3.63) is 0 Å². The number of nitrogens with zero attached hydrogens (tertiary/aromatic N) is 1. The van der Waals surface area contributed by atoms with Crippen LogP contribution in [-0.2, 0) is 4.74 Å². The molecule has 1 aliphatic carbocycles. The van der Waals surface area contributed by atoms with Gasteiger partial charge in [-0.05, 0) is 25.2 Å². The highest BCUT2D eigenvalue weighted by atomic mass is 16.5. The lowest BCUT2D eigenvalue weighted by atomic mass is 9.63. The molecule has 0 bridgehead atoms. The lowest BCUT2D eigenvalue weighted by Crippen LogP contribution is -2.70. The summed E-state index contributed by atoms with van der Waals surface area (Å²) in [4.78, 5) is 2.81. The maximum atomic E-state index is 5.94. The van der Waals surface area contributed by atoms with Gasteiger partial charge in [-0.15, -0.1) is 0 Å². The Labute approximate surface area is 131 Å². The summed E-state index contributed by atoms with van der Waals surface area (Å²) in [7, 11) is 0. The van der Waals surface area contributed by atoms with E-state index >= 15 is 0 Å². The zero-order valence-electron chi connectivity index (χ0n) is 15.1. The van der Waals surface area contributed by atoms with Gasteiger partial charge < -0.3 is 10.1 Å². The molecule has 0 amide bonds. The Hall–Kier alpha value is -0.120. The number of hydrogen-bond acceptors (Lipinski definition) is 3. The van der Waals surface area contributed by atoms with Crippen molar-refractivity contribution in [2.45, 2.75) is 79.1 Å². The third-order valence-electron chi connectivity index (χ3n) is 5.89. The van der Waals surface area contributed by atoms with Crippen molar-refractivity contribution in [1.29, 1.82) is 0 Å². The summed E-state index contributed by atoms with van der Waals surface area (Å²) in [5, 5.41) is 3.77. The molecule has 21 heavy (non-hydrogen) atoms. The molecule has 0 radical (unpaired) electrons. The second-order valence-corrected chi connectivity index (χ2v) is 8.28. The molecule has 1 aliphatic heterocycles. The van der Waals surface area contributed by atoms with Crippen LogP contribution in [0, 0.1) is 17.3 Å². The van der Waals surface area contributed by atoms with Gasteiger partial charge in [-0.3, -0.25) is 4.90 Å². The molecule has 3 heteroatoms. The molecule has 0 aromatic carbocycles. The summed E-state index contributed by atoms with van der Waals surface area (Å²) < 4.78 is 5.94. The Bertz CT molecular complexity index is 340. The summed E-state index contributed by atoms with van der Waals surface area (Å²) in [5.41, 5.74) is 0.280. The number of ether oxygens (including phenoxy) is 1. The van der Waals surface area contributed by atoms with Crippen LogP contribution in [0.25, 0.3) is 0 Å². The van der Waals surface area contributed by atoms with E-state index in [1.165, 1.54) is 13.0 Å². The summed E-state index contributed by atoms with van der Waals surface area (Å²) >= 11 is 0. The molecule has 4 atom stereocenters. The molecular formula is C18H36N2O. The molecule has 0 aromatic rings. The summed E-state index contributed by atoms with van der Waals surface area (Å²) in [5.74, 6) is 1.40. The van der Waals surface area contributed by atoms with Crippen molar-refractivity contribution >= 4 is 0 Å². The maximum absolute atomic E-state index is 5.94. The van der Waals surface area contributed by atoms with Gasteiger partial charge in [0.05, 0.1) is 6.10 Å². The van der Waals surface area contributed by atoms with Gasteiger partial charge in [0.25, 0.3) is 0 Å². The van der Waals surface area contributed by atoms with Crippen molar-refractivity contribution < 1.29 is 4.74 Å². The van der Waals surface area contributed by atoms with E-state index in [0.717, 1.165) is 13.2 Å². The summed E-state index contributed by atoms with van der Waals surface area (Å²) in [6.07, 6.45) is 1.64. The average molecular weight is 296 g/mol. The minimum absolute atomic E-state index is 0.280. The van der Waals surface area contributed by atoms with Crippen LogP contribution < -0.4 is 5.32 Å². The van der Waals surface area contributed by atoms with E-state index in [1.807, 2.05) is 0 Å². The predicted molar refractivity (Wildman–Crippen MR) is 89.6 cm³/mol. The molecule has 3 nitrogen and oxygen atoms in total. The van der Waals surface area contributed by atoms with Crippen molar-refractivity contribution in [3.63, 3.8) is 0 Å². The zero-order chi connectivity index (χ0) is 15.8. The van der Waals surface area contributed by atoms with E-state index in [-0.39, 0.29) is 5.41 Å². The van der Waals surface area contributed by atoms with Crippen molar-refractivity contribution in [2.75, 3.05) is 19.7 Å². The standard InChI is InChI=1S/C18H36N2O/c1-8-21-17-9-16(18(17,6)7)20-11-14(12(2)3)19-10-15(20)13(4)5/h12-17,19H,8-11H2,1-7H3. The largest absolute Gasteiger partial charge is 0.378 e. The molecule has 2 fully saturated rings. The Balaban J connectivity index is 2.10. The Morgan fingerprint density at radius 3 is 2.33 bits per heavy atom. The summed E-state index contributed by atoms with van der Waals surface area (Å²) in [6.45, 7) is 19.4. The topological polar surface area (TPSA) is 24.5 Å². The highest BCUT2D eigenvalue weighted by Crippen LogP contribution is 2.47. The number of nitrogens with one attached hydrogen (secondary N) is 1. The van der Waals surface area contributed by atoms with Crippen LogP contribution in [0.15, 0.2) is 0 Å². The quantitative estimate of drug-likeness (QED) is 0.843. The second kappa shape index (κ2) is 6.55. The van der Waals surface area contributed by atoms with Crippen molar-refractivity contribution in [2.24, 2.45) is 17.3 Å². The SMILES string of the molecule is CCOC1CC(N2CC(C(C)C)NCC2C(C)C)C1(C)C. The van der Waals surface area contributed by atoms with Crippen LogP contribution in [0.5, 0.6) is 0 Å². The fraction of sp³-hybridized carbons (Fsp3) is 1.00. The molecule has 1 saturated heterocycles. The lowest BCUT2D eigenvalue weighted by molar-refractivity contribution is -0.167. The van der Waals surface area contributed by atoms with Crippen LogP contribution in [0.2, 0.25) is 0 Å². The number of hydrogen-bond donors (Lipinski definition) is 1. The van der Waals surface area contributed by atoms with E-state index in [4.69, 9.17) is 4.74 Å². The first-order chi connectivity index (χ1) is 9.78. The molecule has 2 aliphatic rings. The van der Waals surface area contributed by atoms with E-state index in [1.54, 1.807) is 0 Å². The van der Waals surface area contributed by atoms with Gasteiger partial charge in [0.15, 0.2) is 0 Å². The normalized spacial score (nSPS) is 37.0. The zero-order valence-corrected chi connectivity index (χ0v) is 15.1. The van der Waals surface area contributed by atoms with E-state index in [9.17, 15) is 0 Å². The Kier molecular flexibility index (Phi) is 5.38. The average Bonchev–Trinajstić information content (AvgIpc) is 2.42. The van der Waals surface area contributed by atoms with Crippen LogP contribution in [0.1, 0.15) is 54.9 Å². The minimum Gasteiger partial charge on any atom is -0.378 e. The third kappa shape index (κ3) is 3.30. The van der Waals surface area contributed by atoms with Crippen LogP contribution in [0.3, 0.4) is 0 Å². The van der Waals surface area contributed by atoms with E-state index in [0.29, 0.717) is 36.1 Å². The lowest BCUT2D eigenvalue weighted by Gasteiger charge is -2.60. The van der Waals surface area contributed by atoms with Gasteiger partial charge in [-0.25, -0.2) is 0 Å². The first-order valence-electron chi connectivity index (χ1n) is 8.89. The number of piperazine rings is 1. The third-order valence-corrected chi connectivity index (χ3v) is 5.89. The molecule has 0 aromatic heterocycles. The van der Waals surface area contributed by atoms with Crippen molar-refractivity contribution in [3.8, 4) is 0 Å². The molecule has 4 unspecified atom stereocenters. The smallest absolute Gasteiger partial charge is 0.0655 e. The fourth-order valence-corrected chi connectivity index (χ4v) is 4.15. The highest BCUT2D eigenvalue weighted by molar-refractivity contribution is 5.07. The first kappa shape index (κ1) is 17.2. The first-order valence-corrected chi connectivity index (χ1v) is 8.89. The van der Waals surface area contributed by atoms with Crippen LogP contribution in [-0.4, -0.2) is 48.8 Å². The fourth-order valence-electron chi connectivity index (χ4n) is 4.15. The Morgan fingerprint density at radius 2 is 1.86 bits per heavy atom. The van der Waals surface area contributed by atoms with E-state index in [2.05, 4.69) is 58.7 Å². The van der Waals surface area contributed by atoms with Gasteiger partial charge >= 0.3 is 0 Å². The van der Waals surface area contributed by atoms with Crippen molar-refractivity contribution in [1.82, 2.24) is 10.2 Å². The Morgan fingerprint density at radius 1 is 1.19 bits per heavy atom. The second-order valence-electron chi connectivity index (χ2n) is 8.28. The van der Waals surface area contributed by atoms with Gasteiger partial charge in [-0.2, -0.15) is 0 Å². The summed E-state index contributed by atoms with van der Waals surface area (Å²) in [6, 6.07) is 1.96. The molecular weight excluding hydrogens is 260 g/mol. The predicted octanol–water partition coefficient (Wildman–Crippen LogP) is 3.14.